The molecule has 172 valence electrons. The van der Waals surface area contributed by atoms with Crippen LogP contribution in [0.15, 0.2) is 33.0 Å². The molecule has 2 saturated heterocycles. The van der Waals surface area contributed by atoms with E-state index in [-0.39, 0.29) is 23.6 Å². The predicted octanol–water partition coefficient (Wildman–Crippen LogP) is 2.35. The van der Waals surface area contributed by atoms with Gasteiger partial charge in [0.15, 0.2) is 0 Å². The summed E-state index contributed by atoms with van der Waals surface area (Å²) in [6.07, 6.45) is 10.7. The van der Waals surface area contributed by atoms with E-state index in [1.165, 1.54) is 0 Å². The number of dihydropyridines is 1. The summed E-state index contributed by atoms with van der Waals surface area (Å²) in [5.41, 5.74) is 1.35. The summed E-state index contributed by atoms with van der Waals surface area (Å²) >= 11 is 0. The quantitative estimate of drug-likeness (QED) is 0.469. The number of carbonyl (C=O) groups is 1. The molecule has 1 amide bonds. The van der Waals surface area contributed by atoms with Crippen molar-refractivity contribution >= 4 is 18.5 Å². The van der Waals surface area contributed by atoms with Crippen LogP contribution in [0.5, 0.6) is 0 Å². The summed E-state index contributed by atoms with van der Waals surface area (Å²) < 4.78 is 5.51. The number of likely N-dealkylation sites (tertiary alicyclic amines) is 2. The molecule has 4 rings (SSSR count). The SMILES string of the molecule is COC[C@@H]1CCCN1C(C)(C)C(=C(C#N)C(=O)N1CCCCC1)N1C=NC2CN=CC=C21. The Kier molecular flexibility index (Phi) is 6.77. The number of methoxy groups -OCH3 is 1. The number of allylic oxidation sites excluding steroid dienone is 1. The highest BCUT2D eigenvalue weighted by molar-refractivity contribution is 5.99. The molecular formula is C24H34N6O2. The largest absolute Gasteiger partial charge is 0.383 e. The number of aliphatic imine (C=N–C) groups is 2. The van der Waals surface area contributed by atoms with Gasteiger partial charge in [0.2, 0.25) is 0 Å². The van der Waals surface area contributed by atoms with E-state index in [1.807, 2.05) is 15.9 Å². The number of ether oxygens (including phenoxy) is 1. The summed E-state index contributed by atoms with van der Waals surface area (Å²) in [5, 5.41) is 10.3. The molecule has 4 heterocycles. The fourth-order valence-electron chi connectivity index (χ4n) is 5.51. The van der Waals surface area contributed by atoms with Gasteiger partial charge in [0.1, 0.15) is 17.7 Å². The van der Waals surface area contributed by atoms with Gasteiger partial charge in [-0.05, 0) is 58.6 Å². The van der Waals surface area contributed by atoms with Gasteiger partial charge in [0, 0.05) is 32.5 Å². The number of fused-ring (bicyclic) bond motifs is 1. The first kappa shape index (κ1) is 22.7. The van der Waals surface area contributed by atoms with Gasteiger partial charge in [-0.3, -0.25) is 19.7 Å². The zero-order chi connectivity index (χ0) is 22.7. The Morgan fingerprint density at radius 1 is 1.25 bits per heavy atom. The maximum Gasteiger partial charge on any atom is 0.266 e. The third kappa shape index (κ3) is 4.12. The highest BCUT2D eigenvalue weighted by atomic mass is 16.5. The number of carbonyl (C=O) groups excluding carboxylic acids is 1. The van der Waals surface area contributed by atoms with Crippen LogP contribution in [0.4, 0.5) is 0 Å². The van der Waals surface area contributed by atoms with E-state index in [0.717, 1.165) is 44.3 Å². The van der Waals surface area contributed by atoms with Crippen molar-refractivity contribution in [3.05, 3.63) is 23.0 Å². The maximum absolute atomic E-state index is 13.6. The van der Waals surface area contributed by atoms with Crippen molar-refractivity contribution in [3.8, 4) is 6.07 Å². The Bertz CT molecular complexity index is 891. The molecule has 0 spiro atoms. The van der Waals surface area contributed by atoms with Crippen LogP contribution in [0.25, 0.3) is 0 Å². The van der Waals surface area contributed by atoms with Gasteiger partial charge in [-0.25, -0.2) is 0 Å². The molecule has 0 aliphatic carbocycles. The van der Waals surface area contributed by atoms with Crippen LogP contribution in [0.1, 0.15) is 46.0 Å². The molecular weight excluding hydrogens is 404 g/mol. The molecule has 0 N–H and O–H groups in total. The van der Waals surface area contributed by atoms with Crippen molar-refractivity contribution in [2.24, 2.45) is 9.98 Å². The fourth-order valence-corrected chi connectivity index (χ4v) is 5.51. The first-order valence-electron chi connectivity index (χ1n) is 11.7. The van der Waals surface area contributed by atoms with Crippen LogP contribution in [-0.2, 0) is 9.53 Å². The lowest BCUT2D eigenvalue weighted by Gasteiger charge is -2.44. The Labute approximate surface area is 190 Å². The Balaban J connectivity index is 1.81. The lowest BCUT2D eigenvalue weighted by Crippen LogP contribution is -2.54. The van der Waals surface area contributed by atoms with Crippen molar-refractivity contribution < 1.29 is 9.53 Å². The monoisotopic (exact) mass is 438 g/mol. The molecule has 32 heavy (non-hydrogen) atoms. The van der Waals surface area contributed by atoms with Gasteiger partial charge >= 0.3 is 0 Å². The molecule has 0 aromatic rings. The minimum atomic E-state index is -0.563. The van der Waals surface area contributed by atoms with Crippen LogP contribution in [0.2, 0.25) is 0 Å². The topological polar surface area (TPSA) is 84.5 Å². The zero-order valence-electron chi connectivity index (χ0n) is 19.5. The number of nitriles is 1. The van der Waals surface area contributed by atoms with E-state index < -0.39 is 5.54 Å². The second kappa shape index (κ2) is 9.55. The van der Waals surface area contributed by atoms with E-state index in [4.69, 9.17) is 4.74 Å². The number of hydrogen-bond donors (Lipinski definition) is 0. The zero-order valence-corrected chi connectivity index (χ0v) is 19.5. The number of piperidine rings is 1. The van der Waals surface area contributed by atoms with Gasteiger partial charge in [-0.15, -0.1) is 0 Å². The first-order valence-corrected chi connectivity index (χ1v) is 11.7. The van der Waals surface area contributed by atoms with Gasteiger partial charge in [0.05, 0.1) is 36.4 Å². The summed E-state index contributed by atoms with van der Waals surface area (Å²) in [4.78, 5) is 28.9. The molecule has 0 radical (unpaired) electrons. The van der Waals surface area contributed by atoms with E-state index in [2.05, 4.69) is 34.8 Å². The second-order valence-electron chi connectivity index (χ2n) is 9.45. The minimum Gasteiger partial charge on any atom is -0.383 e. The number of nitrogens with zero attached hydrogens (tertiary/aromatic N) is 6. The Hall–Kier alpha value is -2.50. The normalized spacial score (nSPS) is 26.6. The molecule has 2 atom stereocenters. The van der Waals surface area contributed by atoms with E-state index in [1.54, 1.807) is 19.7 Å². The predicted molar refractivity (Wildman–Crippen MR) is 124 cm³/mol. The summed E-state index contributed by atoms with van der Waals surface area (Å²) in [6, 6.07) is 2.49. The van der Waals surface area contributed by atoms with Crippen molar-refractivity contribution in [1.29, 1.82) is 5.26 Å². The van der Waals surface area contributed by atoms with Crippen LogP contribution >= 0.6 is 0 Å². The molecule has 8 heteroatoms. The molecule has 4 aliphatic rings. The fraction of sp³-hybridized carbons (Fsp3) is 0.667. The van der Waals surface area contributed by atoms with E-state index in [0.29, 0.717) is 31.9 Å². The van der Waals surface area contributed by atoms with Gasteiger partial charge in [-0.1, -0.05) is 0 Å². The Morgan fingerprint density at radius 2 is 2.03 bits per heavy atom. The first-order chi connectivity index (χ1) is 15.5. The van der Waals surface area contributed by atoms with Crippen LogP contribution < -0.4 is 0 Å². The molecule has 0 aromatic carbocycles. The number of rotatable bonds is 6. The minimum absolute atomic E-state index is 0.0656. The number of amides is 1. The number of hydrogen-bond acceptors (Lipinski definition) is 7. The lowest BCUT2D eigenvalue weighted by atomic mass is 9.90. The molecule has 0 bridgehead atoms. The summed E-state index contributed by atoms with van der Waals surface area (Å²) in [7, 11) is 1.73. The van der Waals surface area contributed by atoms with E-state index in [9.17, 15) is 10.1 Å². The van der Waals surface area contributed by atoms with Crippen molar-refractivity contribution in [3.63, 3.8) is 0 Å². The molecule has 4 aliphatic heterocycles. The average Bonchev–Trinajstić information content (AvgIpc) is 3.45. The smallest absolute Gasteiger partial charge is 0.266 e. The van der Waals surface area contributed by atoms with Crippen molar-refractivity contribution in [2.45, 2.75) is 63.6 Å². The molecule has 8 nitrogen and oxygen atoms in total. The second-order valence-corrected chi connectivity index (χ2v) is 9.45. The van der Waals surface area contributed by atoms with Gasteiger partial charge in [0.25, 0.3) is 5.91 Å². The maximum atomic E-state index is 13.6. The molecule has 0 aromatic heterocycles. The highest BCUT2D eigenvalue weighted by Gasteiger charge is 2.45. The lowest BCUT2D eigenvalue weighted by molar-refractivity contribution is -0.127. The summed E-state index contributed by atoms with van der Waals surface area (Å²) in [5.74, 6) is -0.167. The third-order valence-electron chi connectivity index (χ3n) is 7.09. The molecule has 1 unspecified atom stereocenters. The van der Waals surface area contributed by atoms with Gasteiger partial charge < -0.3 is 14.5 Å². The van der Waals surface area contributed by atoms with Crippen molar-refractivity contribution in [1.82, 2.24) is 14.7 Å². The Morgan fingerprint density at radius 3 is 2.75 bits per heavy atom. The third-order valence-corrected chi connectivity index (χ3v) is 7.09. The molecule has 0 saturated carbocycles. The highest BCUT2D eigenvalue weighted by Crippen LogP contribution is 2.39. The average molecular weight is 439 g/mol. The van der Waals surface area contributed by atoms with Crippen LogP contribution in [-0.4, -0.2) is 90.7 Å². The van der Waals surface area contributed by atoms with Crippen LogP contribution in [0, 0.1) is 11.3 Å². The standard InChI is InChI=1S/C24H34N6O2/c1-24(2,30-13-7-8-18(30)16-32-3)22(29-17-27-20-15-26-10-9-21(20)29)19(14-25)23(31)28-11-5-4-6-12-28/h9-10,17-18,20H,4-8,11-13,15-16H2,1-3H3/t18-,20?/m0/s1. The van der Waals surface area contributed by atoms with Gasteiger partial charge in [-0.2, -0.15) is 5.26 Å². The van der Waals surface area contributed by atoms with Crippen LogP contribution in [0.3, 0.4) is 0 Å². The van der Waals surface area contributed by atoms with E-state index >= 15 is 0 Å². The summed E-state index contributed by atoms with van der Waals surface area (Å²) in [6.45, 7) is 7.77. The van der Waals surface area contributed by atoms with Crippen molar-refractivity contribution in [2.75, 3.05) is 39.9 Å². The molecule has 2 fully saturated rings.